The van der Waals surface area contributed by atoms with E-state index in [0.29, 0.717) is 17.4 Å². The van der Waals surface area contributed by atoms with Gasteiger partial charge in [-0.25, -0.2) is 0 Å². The molecule has 0 spiro atoms. The molecule has 1 aromatic heterocycles. The van der Waals surface area contributed by atoms with Crippen molar-refractivity contribution in [3.8, 4) is 5.75 Å². The predicted molar refractivity (Wildman–Crippen MR) is 138 cm³/mol. The standard InChI is InChI=1S/C26H24ClF3N2O4S/c1-25(2,3)21(33)13-23-32(24(35)20(37-23)11-15-7-5-6-8-19(15)36-4)14-22(34)31-16-9-10-18(27)17(12-16)26(28,29)30/h5-13H,14H2,1-4H3,(H,31,34)/b20-11-,23-13+. The third kappa shape index (κ3) is 6.90. The molecule has 37 heavy (non-hydrogen) atoms. The van der Waals surface area contributed by atoms with Gasteiger partial charge in [0.1, 0.15) is 17.0 Å². The SMILES string of the molecule is COc1ccccc1/C=c1\s/c(=C/C(=O)C(C)(C)C)n(CC(=O)Nc2ccc(Cl)c(C(F)(F)F)c2)c1=O. The van der Waals surface area contributed by atoms with Gasteiger partial charge in [0.25, 0.3) is 5.56 Å². The highest BCUT2D eigenvalue weighted by atomic mass is 35.5. The summed E-state index contributed by atoms with van der Waals surface area (Å²) >= 11 is 6.66. The Morgan fingerprint density at radius 2 is 1.81 bits per heavy atom. The van der Waals surface area contributed by atoms with Crippen LogP contribution in [0.2, 0.25) is 5.02 Å². The molecule has 0 aliphatic rings. The third-order valence-electron chi connectivity index (χ3n) is 5.21. The number of rotatable bonds is 6. The average Bonchev–Trinajstić information content (AvgIpc) is 3.08. The molecule has 0 saturated carbocycles. The predicted octanol–water partition coefficient (Wildman–Crippen LogP) is 4.45. The number of ether oxygens (including phenoxy) is 1. The van der Waals surface area contributed by atoms with Gasteiger partial charge in [0.2, 0.25) is 5.91 Å². The summed E-state index contributed by atoms with van der Waals surface area (Å²) in [6, 6.07) is 9.98. The number of anilines is 1. The Balaban J connectivity index is 2.06. The summed E-state index contributed by atoms with van der Waals surface area (Å²) in [6.45, 7) is 4.63. The van der Waals surface area contributed by atoms with Crippen LogP contribution < -0.4 is 24.8 Å². The van der Waals surface area contributed by atoms with E-state index in [0.717, 1.165) is 22.0 Å². The quantitative estimate of drug-likeness (QED) is 0.490. The maximum Gasteiger partial charge on any atom is 0.417 e. The molecule has 0 saturated heterocycles. The van der Waals surface area contributed by atoms with Crippen LogP contribution in [0.5, 0.6) is 5.75 Å². The lowest BCUT2D eigenvalue weighted by molar-refractivity contribution is -0.137. The number of thiazole rings is 1. The highest BCUT2D eigenvalue weighted by Gasteiger charge is 2.33. The van der Waals surface area contributed by atoms with Gasteiger partial charge in [0.05, 0.1) is 22.2 Å². The van der Waals surface area contributed by atoms with E-state index in [1.165, 1.54) is 19.3 Å². The highest BCUT2D eigenvalue weighted by Crippen LogP contribution is 2.36. The van der Waals surface area contributed by atoms with Crippen LogP contribution >= 0.6 is 22.9 Å². The molecule has 0 radical (unpaired) electrons. The number of carbonyl (C=O) groups excluding carboxylic acids is 2. The number of hydrogen-bond acceptors (Lipinski definition) is 5. The zero-order valence-electron chi connectivity index (χ0n) is 20.4. The molecular weight excluding hydrogens is 529 g/mol. The van der Waals surface area contributed by atoms with Crippen LogP contribution in [0, 0.1) is 5.41 Å². The molecule has 3 aromatic rings. The Morgan fingerprint density at radius 3 is 2.43 bits per heavy atom. The molecular formula is C26H24ClF3N2O4S. The summed E-state index contributed by atoms with van der Waals surface area (Å²) in [5.74, 6) is -0.490. The number of ketones is 1. The van der Waals surface area contributed by atoms with E-state index < -0.39 is 40.2 Å². The molecule has 0 fully saturated rings. The van der Waals surface area contributed by atoms with Gasteiger partial charge in [-0.05, 0) is 30.3 Å². The van der Waals surface area contributed by atoms with Crippen LogP contribution in [0.4, 0.5) is 18.9 Å². The lowest BCUT2D eigenvalue weighted by atomic mass is 9.91. The number of benzene rings is 2. The number of halogens is 4. The molecule has 3 rings (SSSR count). The molecule has 196 valence electrons. The number of nitrogens with one attached hydrogen (secondary N) is 1. The zero-order chi connectivity index (χ0) is 27.5. The van der Waals surface area contributed by atoms with Crippen LogP contribution in [0.3, 0.4) is 0 Å². The summed E-state index contributed by atoms with van der Waals surface area (Å²) in [7, 11) is 1.49. The van der Waals surface area contributed by atoms with Crippen molar-refractivity contribution < 1.29 is 27.5 Å². The van der Waals surface area contributed by atoms with Crippen molar-refractivity contribution in [1.29, 1.82) is 0 Å². The lowest BCUT2D eigenvalue weighted by Crippen LogP contribution is -2.36. The smallest absolute Gasteiger partial charge is 0.417 e. The summed E-state index contributed by atoms with van der Waals surface area (Å²) in [5.41, 5.74) is -1.89. The molecule has 1 heterocycles. The second-order valence-corrected chi connectivity index (χ2v) is 10.6. The molecule has 1 amide bonds. The Labute approximate surface area is 219 Å². The summed E-state index contributed by atoms with van der Waals surface area (Å²) < 4.78 is 46.5. The van der Waals surface area contributed by atoms with Gasteiger partial charge in [-0.3, -0.25) is 19.0 Å². The van der Waals surface area contributed by atoms with E-state index >= 15 is 0 Å². The average molecular weight is 553 g/mol. The van der Waals surface area contributed by atoms with Gasteiger partial charge in [-0.1, -0.05) is 50.6 Å². The van der Waals surface area contributed by atoms with Gasteiger partial charge in [-0.15, -0.1) is 11.3 Å². The number of para-hydroxylation sites is 1. The monoisotopic (exact) mass is 552 g/mol. The maximum absolute atomic E-state index is 13.3. The molecule has 0 bridgehead atoms. The largest absolute Gasteiger partial charge is 0.496 e. The maximum atomic E-state index is 13.3. The first-order chi connectivity index (χ1) is 17.2. The van der Waals surface area contributed by atoms with E-state index in [2.05, 4.69) is 5.32 Å². The number of hydrogen-bond donors (Lipinski definition) is 1. The van der Waals surface area contributed by atoms with Gasteiger partial charge in [-0.2, -0.15) is 13.2 Å². The molecule has 0 aliphatic heterocycles. The fourth-order valence-electron chi connectivity index (χ4n) is 3.21. The molecule has 0 aliphatic carbocycles. The molecule has 11 heteroatoms. The van der Waals surface area contributed by atoms with Crippen molar-refractivity contribution in [3.63, 3.8) is 0 Å². The summed E-state index contributed by atoms with van der Waals surface area (Å²) in [6.07, 6.45) is -1.82. The second-order valence-electron chi connectivity index (χ2n) is 9.08. The minimum absolute atomic E-state index is 0.137. The van der Waals surface area contributed by atoms with Crippen LogP contribution in [-0.2, 0) is 22.3 Å². The van der Waals surface area contributed by atoms with Crippen molar-refractivity contribution in [1.82, 2.24) is 4.57 Å². The number of amides is 1. The Morgan fingerprint density at radius 1 is 1.14 bits per heavy atom. The van der Waals surface area contributed by atoms with Crippen LogP contribution in [0.25, 0.3) is 12.2 Å². The molecule has 1 N–H and O–H groups in total. The van der Waals surface area contributed by atoms with E-state index in [4.69, 9.17) is 16.3 Å². The normalized spacial score (nSPS) is 13.1. The Hall–Kier alpha value is -3.37. The van der Waals surface area contributed by atoms with Crippen LogP contribution in [-0.4, -0.2) is 23.4 Å². The van der Waals surface area contributed by atoms with E-state index in [1.54, 1.807) is 51.1 Å². The fourth-order valence-corrected chi connectivity index (χ4v) is 4.47. The minimum Gasteiger partial charge on any atom is -0.496 e. The van der Waals surface area contributed by atoms with Crippen molar-refractivity contribution in [2.45, 2.75) is 33.5 Å². The number of nitrogens with zero attached hydrogens (tertiary/aromatic N) is 1. The minimum atomic E-state index is -4.71. The number of Topliss-reactive ketones (excluding diaryl/α,β-unsaturated/α-hetero) is 1. The third-order valence-corrected chi connectivity index (χ3v) is 6.60. The van der Waals surface area contributed by atoms with Crippen LogP contribution in [0.15, 0.2) is 47.3 Å². The zero-order valence-corrected chi connectivity index (χ0v) is 22.0. The summed E-state index contributed by atoms with van der Waals surface area (Å²) in [5, 5.41) is 1.86. The number of aromatic nitrogens is 1. The van der Waals surface area contributed by atoms with E-state index in [9.17, 15) is 27.6 Å². The summed E-state index contributed by atoms with van der Waals surface area (Å²) in [4.78, 5) is 38.7. The first-order valence-electron chi connectivity index (χ1n) is 11.0. The first-order valence-corrected chi connectivity index (χ1v) is 12.2. The van der Waals surface area contributed by atoms with Gasteiger partial charge < -0.3 is 10.1 Å². The Bertz CT molecular complexity index is 1520. The number of methoxy groups -OCH3 is 1. The van der Waals surface area contributed by atoms with Gasteiger partial charge in [0.15, 0.2) is 5.78 Å². The van der Waals surface area contributed by atoms with Crippen LogP contribution in [0.1, 0.15) is 31.9 Å². The van der Waals surface area contributed by atoms with Crippen molar-refractivity contribution in [2.24, 2.45) is 5.41 Å². The molecule has 2 aromatic carbocycles. The number of alkyl halides is 3. The molecule has 0 unspecified atom stereocenters. The van der Waals surface area contributed by atoms with Crippen molar-refractivity contribution >= 4 is 52.5 Å². The first kappa shape index (κ1) is 28.2. The van der Waals surface area contributed by atoms with Gasteiger partial charge >= 0.3 is 6.18 Å². The van der Waals surface area contributed by atoms with E-state index in [-0.39, 0.29) is 20.7 Å². The lowest BCUT2D eigenvalue weighted by Gasteiger charge is -2.13. The molecule has 0 atom stereocenters. The van der Waals surface area contributed by atoms with E-state index in [1.807, 2.05) is 0 Å². The van der Waals surface area contributed by atoms with Crippen molar-refractivity contribution in [3.05, 3.63) is 78.2 Å². The topological polar surface area (TPSA) is 77.4 Å². The molecule has 6 nitrogen and oxygen atoms in total. The van der Waals surface area contributed by atoms with Crippen molar-refractivity contribution in [2.75, 3.05) is 12.4 Å². The number of carbonyl (C=O) groups is 2. The fraction of sp³-hybridized carbons (Fsp3) is 0.269. The Kier molecular flexibility index (Phi) is 8.34. The highest BCUT2D eigenvalue weighted by molar-refractivity contribution is 7.07. The van der Waals surface area contributed by atoms with Gasteiger partial charge in [0, 0.05) is 22.7 Å². The second kappa shape index (κ2) is 10.9.